The zero-order chi connectivity index (χ0) is 9.07. The Labute approximate surface area is 106 Å². The minimum absolute atomic E-state index is 0. The monoisotopic (exact) mass is 236 g/mol. The molecule has 0 heterocycles. The Kier molecular flexibility index (Phi) is 9.87. The van der Waals surface area contributed by atoms with Crippen LogP contribution in [0.1, 0.15) is 27.7 Å². The summed E-state index contributed by atoms with van der Waals surface area (Å²) in [5.41, 5.74) is -2.80. The van der Waals surface area contributed by atoms with Gasteiger partial charge in [-0.1, -0.05) is 25.7 Å². The Morgan fingerprint density at radius 1 is 1.33 bits per heavy atom. The first-order chi connectivity index (χ1) is 4.83. The van der Waals surface area contributed by atoms with E-state index in [2.05, 4.69) is 0 Å². The van der Waals surface area contributed by atoms with Gasteiger partial charge in [-0.15, -0.1) is 11.4 Å². The second kappa shape index (κ2) is 7.24. The second-order valence-corrected chi connectivity index (χ2v) is 9.22. The van der Waals surface area contributed by atoms with Gasteiger partial charge < -0.3 is 9.42 Å². The third kappa shape index (κ3) is 10.0. The second-order valence-electron chi connectivity index (χ2n) is 2.76. The molecule has 0 aromatic heterocycles. The third-order valence-corrected chi connectivity index (χ3v) is 5.37. The first kappa shape index (κ1) is 16.4. The molecule has 0 fully saturated rings. The molecular formula is C6H14NaO2PS2. The summed E-state index contributed by atoms with van der Waals surface area (Å²) < 4.78 is 5.08. The SMILES string of the molecule is CC(C)OP([O-])(=S)SC(C)C.[Na+]. The maximum absolute atomic E-state index is 11.4. The van der Waals surface area contributed by atoms with E-state index >= 15 is 0 Å². The quantitative estimate of drug-likeness (QED) is 0.470. The van der Waals surface area contributed by atoms with Crippen LogP contribution in [0.25, 0.3) is 0 Å². The minimum Gasteiger partial charge on any atom is -0.793 e. The van der Waals surface area contributed by atoms with Gasteiger partial charge in [-0.3, -0.25) is 0 Å². The normalized spacial score (nSPS) is 15.9. The fraction of sp³-hybridized carbons (Fsp3) is 1.00. The molecule has 6 heteroatoms. The maximum Gasteiger partial charge on any atom is 1.00 e. The number of hydrogen-bond acceptors (Lipinski definition) is 4. The van der Waals surface area contributed by atoms with E-state index in [1.54, 1.807) is 0 Å². The van der Waals surface area contributed by atoms with Crippen LogP contribution >= 0.6 is 17.1 Å². The van der Waals surface area contributed by atoms with Crippen LogP contribution < -0.4 is 34.5 Å². The topological polar surface area (TPSA) is 32.3 Å². The van der Waals surface area contributed by atoms with Crippen LogP contribution in [-0.4, -0.2) is 11.4 Å². The van der Waals surface area contributed by atoms with Crippen LogP contribution in [0.4, 0.5) is 0 Å². The third-order valence-electron chi connectivity index (χ3n) is 0.680. The molecule has 0 bridgehead atoms. The number of hydrogen-bond donors (Lipinski definition) is 0. The van der Waals surface area contributed by atoms with E-state index in [1.165, 1.54) is 11.4 Å². The first-order valence-corrected chi connectivity index (χ1v) is 7.63. The van der Waals surface area contributed by atoms with Crippen LogP contribution in [0.2, 0.25) is 0 Å². The van der Waals surface area contributed by atoms with E-state index in [4.69, 9.17) is 16.3 Å². The molecule has 0 aromatic rings. The van der Waals surface area contributed by atoms with Crippen molar-refractivity contribution in [2.75, 3.05) is 0 Å². The molecule has 0 aliphatic heterocycles. The van der Waals surface area contributed by atoms with Gasteiger partial charge in [0.25, 0.3) is 0 Å². The summed E-state index contributed by atoms with van der Waals surface area (Å²) in [5.74, 6) is 0. The van der Waals surface area contributed by atoms with Gasteiger partial charge in [0.05, 0.1) is 6.10 Å². The van der Waals surface area contributed by atoms with Gasteiger partial charge in [0, 0.05) is 10.9 Å². The largest absolute Gasteiger partial charge is 1.00 e. The number of rotatable bonds is 4. The van der Waals surface area contributed by atoms with E-state index in [0.717, 1.165) is 0 Å². The van der Waals surface area contributed by atoms with Crippen molar-refractivity contribution in [3.8, 4) is 0 Å². The van der Waals surface area contributed by atoms with Crippen molar-refractivity contribution in [1.29, 1.82) is 0 Å². The molecule has 1 unspecified atom stereocenters. The molecule has 0 aliphatic rings. The summed E-state index contributed by atoms with van der Waals surface area (Å²) in [5, 5.41) is 0.261. The van der Waals surface area contributed by atoms with E-state index in [1.807, 2.05) is 27.7 Å². The summed E-state index contributed by atoms with van der Waals surface area (Å²) >= 11 is 6.03. The summed E-state index contributed by atoms with van der Waals surface area (Å²) in [6, 6.07) is 0. The van der Waals surface area contributed by atoms with Crippen molar-refractivity contribution in [2.24, 2.45) is 0 Å². The summed E-state index contributed by atoms with van der Waals surface area (Å²) in [6.45, 7) is 7.57. The molecule has 2 nitrogen and oxygen atoms in total. The molecule has 0 saturated carbocycles. The molecule has 0 spiro atoms. The van der Waals surface area contributed by atoms with Gasteiger partial charge in [-0.05, 0) is 13.8 Å². The van der Waals surface area contributed by atoms with Gasteiger partial charge in [0.15, 0.2) is 0 Å². The van der Waals surface area contributed by atoms with Crippen molar-refractivity contribution in [3.05, 3.63) is 0 Å². The molecule has 0 N–H and O–H groups in total. The summed E-state index contributed by atoms with van der Waals surface area (Å²) in [7, 11) is 0. The fourth-order valence-electron chi connectivity index (χ4n) is 0.541. The van der Waals surface area contributed by atoms with E-state index in [9.17, 15) is 4.89 Å². The van der Waals surface area contributed by atoms with Gasteiger partial charge in [-0.25, -0.2) is 0 Å². The first-order valence-electron chi connectivity index (χ1n) is 3.51. The zero-order valence-corrected chi connectivity index (χ0v) is 12.8. The van der Waals surface area contributed by atoms with E-state index in [0.29, 0.717) is 0 Å². The van der Waals surface area contributed by atoms with Crippen molar-refractivity contribution in [3.63, 3.8) is 0 Å². The van der Waals surface area contributed by atoms with Gasteiger partial charge in [-0.2, -0.15) is 0 Å². The fourth-order valence-corrected chi connectivity index (χ4v) is 5.90. The van der Waals surface area contributed by atoms with Gasteiger partial charge >= 0.3 is 29.6 Å². The predicted octanol–water partition coefficient (Wildman–Crippen LogP) is -0.858. The molecule has 0 amide bonds. The van der Waals surface area contributed by atoms with Crippen LogP contribution in [0, 0.1) is 0 Å². The van der Waals surface area contributed by atoms with Crippen LogP contribution in [-0.2, 0) is 16.3 Å². The average Bonchev–Trinajstić information content (AvgIpc) is 1.53. The van der Waals surface area contributed by atoms with Crippen LogP contribution in [0.5, 0.6) is 0 Å². The van der Waals surface area contributed by atoms with Crippen LogP contribution in [0.3, 0.4) is 0 Å². The maximum atomic E-state index is 11.4. The Bertz CT molecular complexity index is 150. The summed E-state index contributed by atoms with van der Waals surface area (Å²) in [6.07, 6.45) is -0.0513. The Morgan fingerprint density at radius 2 is 1.75 bits per heavy atom. The molecule has 68 valence electrons. The molecule has 0 saturated heterocycles. The Morgan fingerprint density at radius 3 is 2.00 bits per heavy atom. The average molecular weight is 236 g/mol. The van der Waals surface area contributed by atoms with Gasteiger partial charge in [0.1, 0.15) is 0 Å². The molecule has 0 radical (unpaired) electrons. The van der Waals surface area contributed by atoms with E-state index < -0.39 is 5.69 Å². The molecule has 1 atom stereocenters. The Balaban J connectivity index is 0. The molecule has 12 heavy (non-hydrogen) atoms. The van der Waals surface area contributed by atoms with Crippen molar-refractivity contribution < 1.29 is 39.0 Å². The Hall–Kier alpha value is 1.92. The van der Waals surface area contributed by atoms with Crippen molar-refractivity contribution in [2.45, 2.75) is 39.0 Å². The van der Waals surface area contributed by atoms with E-state index in [-0.39, 0.29) is 40.9 Å². The van der Waals surface area contributed by atoms with Crippen molar-refractivity contribution >= 4 is 28.9 Å². The minimum atomic E-state index is -2.80. The predicted molar refractivity (Wildman–Crippen MR) is 53.2 cm³/mol. The zero-order valence-electron chi connectivity index (χ0n) is 8.23. The molecule has 0 aromatic carbocycles. The smallest absolute Gasteiger partial charge is 0.793 e. The van der Waals surface area contributed by atoms with Crippen LogP contribution in [0.15, 0.2) is 0 Å². The molecule has 0 aliphatic carbocycles. The van der Waals surface area contributed by atoms with Gasteiger partial charge in [0.2, 0.25) is 0 Å². The molecule has 0 rings (SSSR count). The summed E-state index contributed by atoms with van der Waals surface area (Å²) in [4.78, 5) is 11.4. The standard InChI is InChI=1S/C6H15O2PS2.Na/c1-5(2)8-9(7,10)11-6(3)4;/h5-6H,1-4H3,(H,7,10);/q;+1/p-1. The molecular weight excluding hydrogens is 222 g/mol. The van der Waals surface area contributed by atoms with Crippen molar-refractivity contribution in [1.82, 2.24) is 0 Å².